The molecular formula is C30H39N3O5S. The van der Waals surface area contributed by atoms with Crippen LogP contribution in [0, 0.1) is 6.92 Å². The van der Waals surface area contributed by atoms with Crippen LogP contribution in [0.3, 0.4) is 0 Å². The smallest absolute Gasteiger partial charge is 0.346 e. The molecule has 0 spiro atoms. The summed E-state index contributed by atoms with van der Waals surface area (Å²) < 4.78 is 7.62. The van der Waals surface area contributed by atoms with Gasteiger partial charge in [-0.1, -0.05) is 68.9 Å². The predicted molar refractivity (Wildman–Crippen MR) is 153 cm³/mol. The van der Waals surface area contributed by atoms with Crippen molar-refractivity contribution in [1.29, 1.82) is 0 Å². The zero-order valence-corrected chi connectivity index (χ0v) is 24.1. The lowest BCUT2D eigenvalue weighted by molar-refractivity contribution is -0.138. The molecule has 1 N–H and O–H groups in total. The number of rotatable bonds is 15. The molecule has 2 aromatic carbocycles. The third-order valence-corrected chi connectivity index (χ3v) is 7.69. The molecule has 39 heavy (non-hydrogen) atoms. The van der Waals surface area contributed by atoms with E-state index < -0.39 is 16.7 Å². The highest BCUT2D eigenvalue weighted by Gasteiger charge is 2.28. The van der Waals surface area contributed by atoms with Gasteiger partial charge >= 0.3 is 17.6 Å². The zero-order valence-electron chi connectivity index (χ0n) is 23.3. The van der Waals surface area contributed by atoms with Crippen molar-refractivity contribution in [2.75, 3.05) is 0 Å². The Morgan fingerprint density at radius 1 is 0.974 bits per heavy atom. The second kappa shape index (κ2) is 14.2. The molecule has 1 aromatic heterocycles. The van der Waals surface area contributed by atoms with Crippen molar-refractivity contribution < 1.29 is 19.4 Å². The van der Waals surface area contributed by atoms with Gasteiger partial charge in [-0.2, -0.15) is 5.10 Å². The number of thioether (sulfide) groups is 1. The number of aryl methyl sites for hydroxylation is 1. The van der Waals surface area contributed by atoms with Crippen molar-refractivity contribution in [3.05, 3.63) is 81.5 Å². The number of nitrogens with zero attached hydrogens (tertiary/aromatic N) is 3. The van der Waals surface area contributed by atoms with Crippen LogP contribution in [0.1, 0.15) is 86.6 Å². The Morgan fingerprint density at radius 3 is 2.26 bits per heavy atom. The number of aliphatic carboxylic acids is 1. The number of unbranched alkanes of at least 4 members (excludes halogenated alkanes) is 5. The second-order valence-corrected chi connectivity index (χ2v) is 12.0. The van der Waals surface area contributed by atoms with Crippen LogP contribution < -0.4 is 5.69 Å². The average molecular weight is 554 g/mol. The Bertz CT molecular complexity index is 1290. The fourth-order valence-electron chi connectivity index (χ4n) is 4.05. The third-order valence-electron chi connectivity index (χ3n) is 6.50. The molecule has 9 heteroatoms. The molecule has 3 rings (SSSR count). The molecule has 210 valence electrons. The quantitative estimate of drug-likeness (QED) is 0.138. The van der Waals surface area contributed by atoms with Crippen molar-refractivity contribution in [3.63, 3.8) is 0 Å². The predicted octanol–water partition coefficient (Wildman–Crippen LogP) is 6.07. The summed E-state index contributed by atoms with van der Waals surface area (Å²) in [6, 6.07) is 14.6. The minimum Gasteiger partial charge on any atom is -0.480 e. The number of hydrogen-bond acceptors (Lipinski definition) is 6. The summed E-state index contributed by atoms with van der Waals surface area (Å²) in [5.41, 5.74) is 2.25. The Kier molecular flexibility index (Phi) is 11.0. The Labute approximate surface area is 234 Å². The maximum absolute atomic E-state index is 13.2. The molecule has 0 aliphatic rings. The normalized spacial score (nSPS) is 11.5. The average Bonchev–Trinajstić information content (AvgIpc) is 3.20. The SMILES string of the molecule is CCCCCCCCn1c(COC(=O)c2ccc(SC(C)(C)C(=O)O)cc2)nn(Cc2ccc(C)cc2)c1=O. The lowest BCUT2D eigenvalue weighted by Gasteiger charge is -2.18. The van der Waals surface area contributed by atoms with Crippen LogP contribution in [-0.4, -0.2) is 36.1 Å². The van der Waals surface area contributed by atoms with Crippen molar-refractivity contribution >= 4 is 23.7 Å². The fraction of sp³-hybridized carbons (Fsp3) is 0.467. The van der Waals surface area contributed by atoms with Gasteiger partial charge in [-0.15, -0.1) is 11.8 Å². The van der Waals surface area contributed by atoms with Crippen molar-refractivity contribution in [3.8, 4) is 0 Å². The monoisotopic (exact) mass is 553 g/mol. The van der Waals surface area contributed by atoms with Crippen molar-refractivity contribution in [2.24, 2.45) is 0 Å². The molecule has 1 heterocycles. The number of esters is 1. The van der Waals surface area contributed by atoms with Gasteiger partial charge in [0.25, 0.3) is 0 Å². The standard InChI is InChI=1S/C30H39N3O5S/c1-5-6-7-8-9-10-19-32-26(31-33(29(32)37)20-23-13-11-22(2)12-14-23)21-38-27(34)24-15-17-25(18-16-24)39-30(3,4)28(35)36/h11-18H,5-10,19-21H2,1-4H3,(H,35,36). The Morgan fingerprint density at radius 2 is 1.62 bits per heavy atom. The van der Waals surface area contributed by atoms with E-state index in [0.29, 0.717) is 24.5 Å². The minimum absolute atomic E-state index is 0.118. The van der Waals surface area contributed by atoms with Crippen LogP contribution in [0.15, 0.2) is 58.2 Å². The molecule has 0 atom stereocenters. The lowest BCUT2D eigenvalue weighted by atomic mass is 10.1. The molecule has 0 saturated carbocycles. The summed E-state index contributed by atoms with van der Waals surface area (Å²) in [6.45, 7) is 8.21. The van der Waals surface area contributed by atoms with Gasteiger partial charge in [0.15, 0.2) is 12.4 Å². The van der Waals surface area contributed by atoms with E-state index in [4.69, 9.17) is 4.74 Å². The summed E-state index contributed by atoms with van der Waals surface area (Å²) in [4.78, 5) is 38.1. The van der Waals surface area contributed by atoms with Crippen LogP contribution in [0.5, 0.6) is 0 Å². The Balaban J connectivity index is 1.70. The molecule has 3 aromatic rings. The number of carboxylic acid groups (broad SMARTS) is 1. The molecule has 0 aliphatic heterocycles. The molecule has 0 amide bonds. The van der Waals surface area contributed by atoms with Crippen LogP contribution in [0.4, 0.5) is 0 Å². The maximum atomic E-state index is 13.2. The van der Waals surface area contributed by atoms with E-state index in [1.807, 2.05) is 31.2 Å². The fourth-order valence-corrected chi connectivity index (χ4v) is 5.00. The lowest BCUT2D eigenvalue weighted by Crippen LogP contribution is -2.26. The van der Waals surface area contributed by atoms with E-state index in [9.17, 15) is 19.5 Å². The van der Waals surface area contributed by atoms with Gasteiger partial charge in [-0.25, -0.2) is 14.3 Å². The van der Waals surface area contributed by atoms with Gasteiger partial charge in [0, 0.05) is 11.4 Å². The van der Waals surface area contributed by atoms with E-state index >= 15 is 0 Å². The van der Waals surface area contributed by atoms with E-state index in [-0.39, 0.29) is 12.3 Å². The van der Waals surface area contributed by atoms with E-state index in [0.717, 1.165) is 35.3 Å². The number of carbonyl (C=O) groups excluding carboxylic acids is 1. The number of ether oxygens (including phenoxy) is 1. The zero-order chi connectivity index (χ0) is 28.4. The summed E-state index contributed by atoms with van der Waals surface area (Å²) in [5.74, 6) is -1.02. The van der Waals surface area contributed by atoms with E-state index in [2.05, 4.69) is 12.0 Å². The first-order chi connectivity index (χ1) is 18.6. The minimum atomic E-state index is -0.987. The van der Waals surface area contributed by atoms with Gasteiger partial charge in [0.05, 0.1) is 12.1 Å². The van der Waals surface area contributed by atoms with Gasteiger partial charge in [-0.3, -0.25) is 9.36 Å². The molecule has 0 bridgehead atoms. The molecule has 8 nitrogen and oxygen atoms in total. The highest BCUT2D eigenvalue weighted by Crippen LogP contribution is 2.32. The van der Waals surface area contributed by atoms with Gasteiger partial charge in [-0.05, 0) is 57.0 Å². The highest BCUT2D eigenvalue weighted by molar-refractivity contribution is 8.01. The van der Waals surface area contributed by atoms with E-state index in [1.54, 1.807) is 42.7 Å². The molecule has 0 saturated heterocycles. The number of carbonyl (C=O) groups is 2. The van der Waals surface area contributed by atoms with Gasteiger partial charge in [0.1, 0.15) is 4.75 Å². The van der Waals surface area contributed by atoms with Crippen molar-refractivity contribution in [2.45, 2.75) is 95.6 Å². The summed E-state index contributed by atoms with van der Waals surface area (Å²) in [6.07, 6.45) is 6.59. The van der Waals surface area contributed by atoms with Crippen LogP contribution in [0.25, 0.3) is 0 Å². The maximum Gasteiger partial charge on any atom is 0.346 e. The summed E-state index contributed by atoms with van der Waals surface area (Å²) >= 11 is 1.20. The number of aromatic nitrogens is 3. The first-order valence-electron chi connectivity index (χ1n) is 13.5. The third kappa shape index (κ3) is 8.85. The van der Waals surface area contributed by atoms with Crippen LogP contribution in [-0.2, 0) is 29.2 Å². The molecular weight excluding hydrogens is 514 g/mol. The number of carboxylic acids is 1. The summed E-state index contributed by atoms with van der Waals surface area (Å²) in [7, 11) is 0. The molecule has 0 radical (unpaired) electrons. The Hall–Kier alpha value is -3.33. The van der Waals surface area contributed by atoms with Crippen LogP contribution >= 0.6 is 11.8 Å². The molecule has 0 unspecified atom stereocenters. The molecule has 0 fully saturated rings. The van der Waals surface area contributed by atoms with Crippen LogP contribution in [0.2, 0.25) is 0 Å². The largest absolute Gasteiger partial charge is 0.480 e. The van der Waals surface area contributed by atoms with Gasteiger partial charge in [0.2, 0.25) is 0 Å². The molecule has 0 aliphatic carbocycles. The second-order valence-electron chi connectivity index (χ2n) is 10.3. The number of hydrogen-bond donors (Lipinski definition) is 1. The van der Waals surface area contributed by atoms with Crippen molar-refractivity contribution in [1.82, 2.24) is 14.3 Å². The van der Waals surface area contributed by atoms with Gasteiger partial charge < -0.3 is 9.84 Å². The highest BCUT2D eigenvalue weighted by atomic mass is 32.2. The number of benzene rings is 2. The van der Waals surface area contributed by atoms with E-state index in [1.165, 1.54) is 35.7 Å². The first kappa shape index (κ1) is 30.2. The first-order valence-corrected chi connectivity index (χ1v) is 14.3. The summed E-state index contributed by atoms with van der Waals surface area (Å²) in [5, 5.41) is 13.9. The topological polar surface area (TPSA) is 103 Å².